The highest BCUT2D eigenvalue weighted by Gasteiger charge is 2.47. The Morgan fingerprint density at radius 2 is 1.77 bits per heavy atom. The fourth-order valence-corrected chi connectivity index (χ4v) is 6.61. The van der Waals surface area contributed by atoms with E-state index in [2.05, 4.69) is 15.5 Å². The predicted molar refractivity (Wildman–Crippen MR) is 136 cm³/mol. The third-order valence-electron chi connectivity index (χ3n) is 8.74. The summed E-state index contributed by atoms with van der Waals surface area (Å²) in [6.07, 6.45) is -2.08. The molecule has 0 spiro atoms. The van der Waals surface area contributed by atoms with Crippen LogP contribution in [-0.4, -0.2) is 144 Å². The lowest BCUT2D eigenvalue weighted by Crippen LogP contribution is -2.64. The topological polar surface area (TPSA) is 161 Å². The molecule has 0 radical (unpaired) electrons. The summed E-state index contributed by atoms with van der Waals surface area (Å²) in [6, 6.07) is -1.58. The van der Waals surface area contributed by atoms with Gasteiger partial charge in [-0.15, -0.1) is 0 Å². The third-order valence-corrected chi connectivity index (χ3v) is 8.74. The number of aliphatic hydroxyl groups is 2. The van der Waals surface area contributed by atoms with Gasteiger partial charge < -0.3 is 40.1 Å². The van der Waals surface area contributed by atoms with Crippen molar-refractivity contribution >= 4 is 23.6 Å². The number of carbonyl (C=O) groups is 4. The lowest BCUT2D eigenvalue weighted by Gasteiger charge is -2.43. The standard InChI is InChI=1S/C26H41N5O8/c1-2-5-29-13-16-10-17(29)26(37)30-6-7-31(25(36)15-3-8-38-9-4-15)18(14-30)24(35)27-12-20-23(34)22(33)19(39-20)11-21(32)28-16/h15-20,22-23,33-34H,2-14H2,1H3,(H,27,35)(H,28,32)/t16-,17-,18-,19-,20+,22-,23+/m0/s1. The second-order valence-electron chi connectivity index (χ2n) is 11.4. The zero-order valence-corrected chi connectivity index (χ0v) is 22.5. The number of piperazine rings is 1. The zero-order valence-electron chi connectivity index (χ0n) is 22.5. The number of fused-ring (bicyclic) bond motifs is 6. The van der Waals surface area contributed by atoms with E-state index in [4.69, 9.17) is 9.47 Å². The van der Waals surface area contributed by atoms with Gasteiger partial charge in [0.1, 0.15) is 24.4 Å². The highest BCUT2D eigenvalue weighted by molar-refractivity contribution is 5.91. The van der Waals surface area contributed by atoms with E-state index < -0.39 is 42.4 Å². The Labute approximate surface area is 228 Å². The van der Waals surface area contributed by atoms with E-state index in [0.717, 1.165) is 6.42 Å². The first kappa shape index (κ1) is 28.2. The molecule has 5 rings (SSSR count). The van der Waals surface area contributed by atoms with Crippen LogP contribution in [0.3, 0.4) is 0 Å². The molecule has 5 fully saturated rings. The number of carbonyl (C=O) groups excluding carboxylic acids is 4. The van der Waals surface area contributed by atoms with Crippen molar-refractivity contribution < 1.29 is 38.9 Å². The molecule has 0 aromatic rings. The molecule has 0 unspecified atom stereocenters. The number of amides is 4. The van der Waals surface area contributed by atoms with Crippen LogP contribution in [0.1, 0.15) is 39.0 Å². The first-order valence-corrected chi connectivity index (χ1v) is 14.3. The summed E-state index contributed by atoms with van der Waals surface area (Å²) in [7, 11) is 0. The molecular formula is C26H41N5O8. The second-order valence-corrected chi connectivity index (χ2v) is 11.4. The quantitative estimate of drug-likeness (QED) is 0.296. The second kappa shape index (κ2) is 12.0. The zero-order chi connectivity index (χ0) is 27.7. The van der Waals surface area contributed by atoms with Crippen LogP contribution in [0.4, 0.5) is 0 Å². The summed E-state index contributed by atoms with van der Waals surface area (Å²) in [6.45, 7) is 4.75. The molecule has 5 heterocycles. The van der Waals surface area contributed by atoms with E-state index in [1.807, 2.05) is 6.92 Å². The van der Waals surface area contributed by atoms with Crippen molar-refractivity contribution in [3.8, 4) is 0 Å². The minimum absolute atomic E-state index is 0.0619. The van der Waals surface area contributed by atoms with Gasteiger partial charge in [0.25, 0.3) is 0 Å². The monoisotopic (exact) mass is 551 g/mol. The van der Waals surface area contributed by atoms with Crippen molar-refractivity contribution in [2.75, 3.05) is 52.5 Å². The van der Waals surface area contributed by atoms with Gasteiger partial charge in [-0.1, -0.05) is 6.92 Å². The van der Waals surface area contributed by atoms with E-state index in [0.29, 0.717) is 52.1 Å². The van der Waals surface area contributed by atoms with Crippen LogP contribution in [0.2, 0.25) is 0 Å². The molecule has 13 heteroatoms. The van der Waals surface area contributed by atoms with E-state index in [-0.39, 0.29) is 55.7 Å². The predicted octanol–water partition coefficient (Wildman–Crippen LogP) is -2.57. The number of ether oxygens (including phenoxy) is 2. The average Bonchev–Trinajstić information content (AvgIpc) is 3.45. The summed E-state index contributed by atoms with van der Waals surface area (Å²) in [5, 5.41) is 26.8. The Morgan fingerprint density at radius 1 is 1.03 bits per heavy atom. The highest BCUT2D eigenvalue weighted by atomic mass is 16.5. The Morgan fingerprint density at radius 3 is 2.51 bits per heavy atom. The molecule has 39 heavy (non-hydrogen) atoms. The Balaban J connectivity index is 1.40. The summed E-state index contributed by atoms with van der Waals surface area (Å²) >= 11 is 0. The molecule has 5 saturated heterocycles. The normalized spacial score (nSPS) is 37.1. The molecule has 5 aliphatic rings. The van der Waals surface area contributed by atoms with Crippen molar-refractivity contribution in [3.05, 3.63) is 0 Å². The molecular weight excluding hydrogens is 510 g/mol. The molecule has 13 nitrogen and oxygen atoms in total. The van der Waals surface area contributed by atoms with Crippen molar-refractivity contribution in [3.63, 3.8) is 0 Å². The molecule has 7 atom stereocenters. The third kappa shape index (κ3) is 5.92. The fraction of sp³-hybridized carbons (Fsp3) is 0.846. The van der Waals surface area contributed by atoms with E-state index in [9.17, 15) is 29.4 Å². The van der Waals surface area contributed by atoms with Crippen molar-refractivity contribution in [1.82, 2.24) is 25.3 Å². The van der Waals surface area contributed by atoms with Crippen molar-refractivity contribution in [2.45, 2.75) is 81.6 Å². The van der Waals surface area contributed by atoms with Gasteiger partial charge in [-0.3, -0.25) is 24.1 Å². The van der Waals surface area contributed by atoms with Crippen LogP contribution in [0.25, 0.3) is 0 Å². The summed E-state index contributed by atoms with van der Waals surface area (Å²) in [5.41, 5.74) is 0. The molecule has 6 bridgehead atoms. The van der Waals surface area contributed by atoms with Crippen LogP contribution < -0.4 is 10.6 Å². The van der Waals surface area contributed by atoms with Gasteiger partial charge in [-0.2, -0.15) is 0 Å². The Kier molecular flexibility index (Phi) is 8.72. The number of nitrogens with one attached hydrogen (secondary N) is 2. The minimum atomic E-state index is -1.28. The van der Waals surface area contributed by atoms with Gasteiger partial charge in [0, 0.05) is 51.4 Å². The first-order chi connectivity index (χ1) is 18.8. The van der Waals surface area contributed by atoms with E-state index in [1.54, 1.807) is 9.80 Å². The summed E-state index contributed by atoms with van der Waals surface area (Å²) in [5.74, 6) is -1.20. The fourth-order valence-electron chi connectivity index (χ4n) is 6.61. The molecule has 5 aliphatic heterocycles. The van der Waals surface area contributed by atoms with Crippen LogP contribution in [-0.2, 0) is 28.7 Å². The average molecular weight is 552 g/mol. The summed E-state index contributed by atoms with van der Waals surface area (Å²) < 4.78 is 11.2. The van der Waals surface area contributed by atoms with Gasteiger partial charge in [0.15, 0.2) is 0 Å². The molecule has 0 aromatic heterocycles. The van der Waals surface area contributed by atoms with E-state index >= 15 is 0 Å². The Hall–Kier alpha value is -2.32. The Bertz CT molecular complexity index is 945. The smallest absolute Gasteiger partial charge is 0.244 e. The molecule has 4 N–H and O–H groups in total. The first-order valence-electron chi connectivity index (χ1n) is 14.3. The van der Waals surface area contributed by atoms with Crippen molar-refractivity contribution in [1.29, 1.82) is 0 Å². The maximum atomic E-state index is 13.8. The lowest BCUT2D eigenvalue weighted by atomic mass is 9.96. The molecule has 0 saturated carbocycles. The number of aliphatic hydroxyl groups excluding tert-OH is 2. The lowest BCUT2D eigenvalue weighted by molar-refractivity contribution is -0.154. The highest BCUT2D eigenvalue weighted by Crippen LogP contribution is 2.27. The van der Waals surface area contributed by atoms with Gasteiger partial charge in [0.05, 0.1) is 25.1 Å². The van der Waals surface area contributed by atoms with Gasteiger partial charge in [0.2, 0.25) is 23.6 Å². The summed E-state index contributed by atoms with van der Waals surface area (Å²) in [4.78, 5) is 58.9. The number of rotatable bonds is 3. The largest absolute Gasteiger partial charge is 0.388 e. The van der Waals surface area contributed by atoms with Gasteiger partial charge >= 0.3 is 0 Å². The number of hydrogen-bond donors (Lipinski definition) is 4. The van der Waals surface area contributed by atoms with E-state index in [1.165, 1.54) is 0 Å². The molecule has 218 valence electrons. The SMILES string of the molecule is CCCN1C[C@@H]2C[C@H]1C(=O)N1CCN(C(=O)C3CCOCC3)[C@@H](C1)C(=O)NC[C@H]1O[C@@H](CC(=O)N2)[C@H](O)[C@@H]1O. The maximum Gasteiger partial charge on any atom is 0.244 e. The van der Waals surface area contributed by atoms with Crippen LogP contribution >= 0.6 is 0 Å². The van der Waals surface area contributed by atoms with Crippen LogP contribution in [0.15, 0.2) is 0 Å². The van der Waals surface area contributed by atoms with Crippen LogP contribution in [0.5, 0.6) is 0 Å². The number of nitrogens with zero attached hydrogens (tertiary/aromatic N) is 3. The van der Waals surface area contributed by atoms with Gasteiger partial charge in [-0.25, -0.2) is 0 Å². The van der Waals surface area contributed by atoms with Crippen molar-refractivity contribution in [2.24, 2.45) is 5.92 Å². The molecule has 0 aliphatic carbocycles. The maximum absolute atomic E-state index is 13.8. The van der Waals surface area contributed by atoms with Gasteiger partial charge in [-0.05, 0) is 32.2 Å². The number of likely N-dealkylation sites (tertiary alicyclic amines) is 1. The molecule has 0 aromatic carbocycles. The van der Waals surface area contributed by atoms with Crippen LogP contribution in [0, 0.1) is 5.92 Å². The number of hydrogen-bond acceptors (Lipinski definition) is 9. The minimum Gasteiger partial charge on any atom is -0.388 e. The molecule has 4 amide bonds.